The van der Waals surface area contributed by atoms with Gasteiger partial charge in [-0.2, -0.15) is 9.97 Å². The normalized spacial score (nSPS) is 10.2. The second kappa shape index (κ2) is 7.70. The van der Waals surface area contributed by atoms with E-state index in [2.05, 4.69) is 22.2 Å². The standard InChI is InChI=1S/C12H22N4O/c1-3-4-5-6-7-8-17-11-9-10(14-2)15-12(13)16-11/h9H,3-8H2,1-2H3,(H3,13,14,15,16). The van der Waals surface area contributed by atoms with Crippen molar-refractivity contribution in [3.05, 3.63) is 6.07 Å². The SMILES string of the molecule is CCCCCCCOc1cc(NC)nc(N)n1. The van der Waals surface area contributed by atoms with Crippen molar-refractivity contribution in [2.45, 2.75) is 39.0 Å². The largest absolute Gasteiger partial charge is 0.477 e. The van der Waals surface area contributed by atoms with Crippen LogP contribution in [0, 0.1) is 0 Å². The van der Waals surface area contributed by atoms with Gasteiger partial charge in [-0.25, -0.2) is 0 Å². The molecule has 0 unspecified atom stereocenters. The number of anilines is 2. The van der Waals surface area contributed by atoms with Gasteiger partial charge in [-0.1, -0.05) is 32.6 Å². The van der Waals surface area contributed by atoms with Crippen molar-refractivity contribution in [2.24, 2.45) is 0 Å². The Morgan fingerprint density at radius 3 is 2.71 bits per heavy atom. The summed E-state index contributed by atoms with van der Waals surface area (Å²) in [5, 5.41) is 2.92. The van der Waals surface area contributed by atoms with Crippen molar-refractivity contribution >= 4 is 11.8 Å². The fourth-order valence-electron chi connectivity index (χ4n) is 1.53. The van der Waals surface area contributed by atoms with E-state index in [0.717, 1.165) is 6.42 Å². The maximum atomic E-state index is 5.56. The Kier molecular flexibility index (Phi) is 6.14. The Bertz CT molecular complexity index is 330. The number of nitrogens with zero attached hydrogens (tertiary/aromatic N) is 2. The summed E-state index contributed by atoms with van der Waals surface area (Å²) in [7, 11) is 1.79. The molecule has 0 aliphatic carbocycles. The van der Waals surface area contributed by atoms with E-state index in [4.69, 9.17) is 10.5 Å². The lowest BCUT2D eigenvalue weighted by Crippen LogP contribution is -2.04. The summed E-state index contributed by atoms with van der Waals surface area (Å²) in [4.78, 5) is 8.02. The number of nitrogens with two attached hydrogens (primary N) is 1. The molecule has 0 fully saturated rings. The zero-order valence-corrected chi connectivity index (χ0v) is 10.7. The molecule has 1 aromatic heterocycles. The van der Waals surface area contributed by atoms with E-state index in [1.54, 1.807) is 13.1 Å². The molecule has 3 N–H and O–H groups in total. The maximum Gasteiger partial charge on any atom is 0.225 e. The molecule has 0 spiro atoms. The molecule has 1 heterocycles. The fraction of sp³-hybridized carbons (Fsp3) is 0.667. The Labute approximate surface area is 103 Å². The van der Waals surface area contributed by atoms with Crippen LogP contribution in [0.5, 0.6) is 5.88 Å². The van der Waals surface area contributed by atoms with Crippen molar-refractivity contribution < 1.29 is 4.74 Å². The third-order valence-corrected chi connectivity index (χ3v) is 2.47. The van der Waals surface area contributed by atoms with E-state index >= 15 is 0 Å². The molecule has 96 valence electrons. The van der Waals surface area contributed by atoms with Crippen LogP contribution in [0.25, 0.3) is 0 Å². The number of hydrogen-bond acceptors (Lipinski definition) is 5. The minimum absolute atomic E-state index is 0.234. The topological polar surface area (TPSA) is 73.1 Å². The van der Waals surface area contributed by atoms with Crippen LogP contribution in [0.2, 0.25) is 0 Å². The summed E-state index contributed by atoms with van der Waals surface area (Å²) in [5.41, 5.74) is 5.56. The summed E-state index contributed by atoms with van der Waals surface area (Å²) in [5.74, 6) is 1.45. The van der Waals surface area contributed by atoms with Gasteiger partial charge in [-0.15, -0.1) is 0 Å². The van der Waals surface area contributed by atoms with Crippen LogP contribution in [-0.2, 0) is 0 Å². The van der Waals surface area contributed by atoms with Gasteiger partial charge < -0.3 is 15.8 Å². The highest BCUT2D eigenvalue weighted by atomic mass is 16.5. The third kappa shape index (κ3) is 5.38. The molecule has 0 aromatic carbocycles. The van der Waals surface area contributed by atoms with Gasteiger partial charge in [0, 0.05) is 13.1 Å². The van der Waals surface area contributed by atoms with Crippen LogP contribution in [0.15, 0.2) is 6.07 Å². The van der Waals surface area contributed by atoms with Crippen LogP contribution in [0.4, 0.5) is 11.8 Å². The lowest BCUT2D eigenvalue weighted by Gasteiger charge is -2.07. The molecule has 5 nitrogen and oxygen atoms in total. The van der Waals surface area contributed by atoms with Gasteiger partial charge >= 0.3 is 0 Å². The molecule has 0 bridgehead atoms. The summed E-state index contributed by atoms with van der Waals surface area (Å²) >= 11 is 0. The zero-order valence-electron chi connectivity index (χ0n) is 10.7. The van der Waals surface area contributed by atoms with E-state index < -0.39 is 0 Å². The summed E-state index contributed by atoms with van der Waals surface area (Å²) in [6.07, 6.45) is 6.08. The number of rotatable bonds is 8. The zero-order chi connectivity index (χ0) is 12.5. The molecular formula is C12H22N4O. The quantitative estimate of drug-likeness (QED) is 0.680. The second-order valence-electron chi connectivity index (χ2n) is 3.96. The van der Waals surface area contributed by atoms with Crippen LogP contribution in [-0.4, -0.2) is 23.6 Å². The average Bonchev–Trinajstić information content (AvgIpc) is 2.33. The van der Waals surface area contributed by atoms with Crippen molar-refractivity contribution in [1.82, 2.24) is 9.97 Å². The molecule has 0 saturated carbocycles. The van der Waals surface area contributed by atoms with Crippen LogP contribution >= 0.6 is 0 Å². The summed E-state index contributed by atoms with van der Waals surface area (Å²) < 4.78 is 5.54. The predicted molar refractivity (Wildman–Crippen MR) is 70.2 cm³/mol. The fourth-order valence-corrected chi connectivity index (χ4v) is 1.53. The number of nitrogens with one attached hydrogen (secondary N) is 1. The van der Waals surface area contributed by atoms with Gasteiger partial charge in [0.2, 0.25) is 11.8 Å². The Hall–Kier alpha value is -1.52. The number of hydrogen-bond donors (Lipinski definition) is 2. The molecule has 0 saturated heterocycles. The number of ether oxygens (including phenoxy) is 1. The first-order valence-corrected chi connectivity index (χ1v) is 6.21. The van der Waals surface area contributed by atoms with Crippen LogP contribution < -0.4 is 15.8 Å². The van der Waals surface area contributed by atoms with E-state index in [1.807, 2.05) is 0 Å². The van der Waals surface area contributed by atoms with Crippen molar-refractivity contribution in [1.29, 1.82) is 0 Å². The minimum Gasteiger partial charge on any atom is -0.477 e. The molecular weight excluding hydrogens is 216 g/mol. The number of aromatic nitrogens is 2. The highest BCUT2D eigenvalue weighted by molar-refractivity contribution is 5.41. The first kappa shape index (κ1) is 13.5. The van der Waals surface area contributed by atoms with Gasteiger partial charge in [0.1, 0.15) is 5.82 Å². The monoisotopic (exact) mass is 238 g/mol. The van der Waals surface area contributed by atoms with Crippen molar-refractivity contribution in [3.8, 4) is 5.88 Å². The lowest BCUT2D eigenvalue weighted by molar-refractivity contribution is 0.293. The Balaban J connectivity index is 2.28. The maximum absolute atomic E-state index is 5.56. The second-order valence-corrected chi connectivity index (χ2v) is 3.96. The molecule has 0 amide bonds. The molecule has 0 atom stereocenters. The molecule has 0 aliphatic heterocycles. The summed E-state index contributed by atoms with van der Waals surface area (Å²) in [6, 6.07) is 1.75. The minimum atomic E-state index is 0.234. The summed E-state index contributed by atoms with van der Waals surface area (Å²) in [6.45, 7) is 2.89. The van der Waals surface area contributed by atoms with Crippen molar-refractivity contribution in [3.63, 3.8) is 0 Å². The van der Waals surface area contributed by atoms with Gasteiger partial charge in [-0.05, 0) is 6.42 Å². The van der Waals surface area contributed by atoms with Crippen LogP contribution in [0.1, 0.15) is 39.0 Å². The van der Waals surface area contributed by atoms with Gasteiger partial charge in [0.25, 0.3) is 0 Å². The van der Waals surface area contributed by atoms with E-state index in [-0.39, 0.29) is 5.95 Å². The Morgan fingerprint density at radius 1 is 1.24 bits per heavy atom. The van der Waals surface area contributed by atoms with Gasteiger partial charge in [0.15, 0.2) is 0 Å². The molecule has 1 rings (SSSR count). The molecule has 17 heavy (non-hydrogen) atoms. The lowest BCUT2D eigenvalue weighted by atomic mass is 10.2. The number of unbranched alkanes of at least 4 members (excludes halogenated alkanes) is 4. The van der Waals surface area contributed by atoms with Gasteiger partial charge in [0.05, 0.1) is 6.61 Å². The Morgan fingerprint density at radius 2 is 2.00 bits per heavy atom. The molecule has 0 aliphatic rings. The van der Waals surface area contributed by atoms with E-state index in [0.29, 0.717) is 18.3 Å². The molecule has 1 aromatic rings. The van der Waals surface area contributed by atoms with Gasteiger partial charge in [-0.3, -0.25) is 0 Å². The van der Waals surface area contributed by atoms with E-state index in [9.17, 15) is 0 Å². The highest BCUT2D eigenvalue weighted by Crippen LogP contribution is 2.14. The molecule has 5 heteroatoms. The van der Waals surface area contributed by atoms with E-state index in [1.165, 1.54) is 25.7 Å². The number of nitrogen functional groups attached to an aromatic ring is 1. The smallest absolute Gasteiger partial charge is 0.225 e. The molecule has 0 radical (unpaired) electrons. The van der Waals surface area contributed by atoms with Crippen molar-refractivity contribution in [2.75, 3.05) is 24.7 Å². The highest BCUT2D eigenvalue weighted by Gasteiger charge is 2.01. The predicted octanol–water partition coefficient (Wildman–Crippen LogP) is 2.45. The first-order valence-electron chi connectivity index (χ1n) is 6.21. The van der Waals surface area contributed by atoms with Crippen LogP contribution in [0.3, 0.4) is 0 Å². The average molecular weight is 238 g/mol. The first-order chi connectivity index (χ1) is 8.26. The third-order valence-electron chi connectivity index (χ3n) is 2.47.